The van der Waals surface area contributed by atoms with E-state index in [2.05, 4.69) is 36.5 Å². The van der Waals surface area contributed by atoms with Gasteiger partial charge in [0.1, 0.15) is 0 Å². The third-order valence-electron chi connectivity index (χ3n) is 4.18. The minimum Gasteiger partial charge on any atom is -0.308 e. The molecule has 0 N–H and O–H groups in total. The average Bonchev–Trinajstić information content (AvgIpc) is 2.79. The molecular weight excluding hydrogens is 252 g/mol. The molecule has 0 aromatic rings. The van der Waals surface area contributed by atoms with E-state index in [9.17, 15) is 0 Å². The molecule has 0 spiro atoms. The first-order valence-electron chi connectivity index (χ1n) is 8.23. The van der Waals surface area contributed by atoms with Crippen molar-refractivity contribution in [3.63, 3.8) is 0 Å². The second kappa shape index (κ2) is 11.0. The number of hydrogen-bond acceptors (Lipinski definition) is 3. The van der Waals surface area contributed by atoms with E-state index in [0.29, 0.717) is 0 Å². The summed E-state index contributed by atoms with van der Waals surface area (Å²) in [6.07, 6.45) is 12.6. The van der Waals surface area contributed by atoms with Crippen LogP contribution in [0.1, 0.15) is 57.8 Å². The van der Waals surface area contributed by atoms with Crippen LogP contribution in [0, 0.1) is 0 Å². The molecule has 0 bridgehead atoms. The van der Waals surface area contributed by atoms with Crippen molar-refractivity contribution in [1.29, 1.82) is 0 Å². The SMILES string of the molecule is CN(C)CC1CCCN1CCCCCCCCCS. The number of hydrogen-bond donors (Lipinski definition) is 1. The number of nitrogens with zero attached hydrogens (tertiary/aromatic N) is 2. The Balaban J connectivity index is 1.96. The molecule has 0 amide bonds. The molecule has 0 radical (unpaired) electrons. The number of likely N-dealkylation sites (N-methyl/N-ethyl adjacent to an activating group) is 1. The van der Waals surface area contributed by atoms with Crippen LogP contribution >= 0.6 is 12.6 Å². The molecule has 1 atom stereocenters. The molecular formula is C16H34N2S. The number of unbranched alkanes of at least 4 members (excludes halogenated alkanes) is 6. The highest BCUT2D eigenvalue weighted by Gasteiger charge is 2.23. The number of likely N-dealkylation sites (tertiary alicyclic amines) is 1. The minimum atomic E-state index is 0.824. The Kier molecular flexibility index (Phi) is 10.0. The van der Waals surface area contributed by atoms with Gasteiger partial charge in [0.25, 0.3) is 0 Å². The van der Waals surface area contributed by atoms with Crippen molar-refractivity contribution < 1.29 is 0 Å². The first kappa shape index (κ1) is 17.3. The third-order valence-corrected chi connectivity index (χ3v) is 4.49. The van der Waals surface area contributed by atoms with Gasteiger partial charge in [-0.1, -0.05) is 32.1 Å². The third kappa shape index (κ3) is 8.21. The van der Waals surface area contributed by atoms with E-state index in [4.69, 9.17) is 0 Å². The zero-order chi connectivity index (χ0) is 13.9. The fraction of sp³-hybridized carbons (Fsp3) is 1.00. The summed E-state index contributed by atoms with van der Waals surface area (Å²) in [6, 6.07) is 0.824. The Labute approximate surface area is 126 Å². The van der Waals surface area contributed by atoms with Crippen molar-refractivity contribution in [3.8, 4) is 0 Å². The molecule has 1 saturated heterocycles. The zero-order valence-corrected chi connectivity index (χ0v) is 14.0. The van der Waals surface area contributed by atoms with Crippen LogP contribution < -0.4 is 0 Å². The molecule has 1 unspecified atom stereocenters. The van der Waals surface area contributed by atoms with Crippen LogP contribution in [0.15, 0.2) is 0 Å². The maximum absolute atomic E-state index is 4.25. The summed E-state index contributed by atoms with van der Waals surface area (Å²) >= 11 is 4.25. The van der Waals surface area contributed by atoms with Gasteiger partial charge in [0, 0.05) is 12.6 Å². The largest absolute Gasteiger partial charge is 0.308 e. The number of rotatable bonds is 11. The lowest BCUT2D eigenvalue weighted by molar-refractivity contribution is 0.204. The van der Waals surface area contributed by atoms with Crippen molar-refractivity contribution in [3.05, 3.63) is 0 Å². The highest BCUT2D eigenvalue weighted by molar-refractivity contribution is 7.80. The summed E-state index contributed by atoms with van der Waals surface area (Å²) in [5.74, 6) is 1.06. The van der Waals surface area contributed by atoms with Crippen LogP contribution in [0.4, 0.5) is 0 Å². The lowest BCUT2D eigenvalue weighted by Gasteiger charge is -2.26. The lowest BCUT2D eigenvalue weighted by atomic mass is 10.1. The fourth-order valence-electron chi connectivity index (χ4n) is 3.13. The molecule has 19 heavy (non-hydrogen) atoms. The summed E-state index contributed by atoms with van der Waals surface area (Å²) in [4.78, 5) is 5.06. The number of thiol groups is 1. The molecule has 3 heteroatoms. The second-order valence-corrected chi connectivity index (χ2v) is 6.74. The first-order valence-corrected chi connectivity index (χ1v) is 8.87. The normalized spacial score (nSPS) is 20.5. The standard InChI is InChI=1S/C16H34N2S/c1-17(2)15-16-11-10-13-18(16)12-8-6-4-3-5-7-9-14-19/h16,19H,3-15H2,1-2H3. The Bertz CT molecular complexity index is 209. The van der Waals surface area contributed by atoms with Gasteiger partial charge in [-0.25, -0.2) is 0 Å². The quantitative estimate of drug-likeness (QED) is 0.457. The topological polar surface area (TPSA) is 6.48 Å². The van der Waals surface area contributed by atoms with Crippen LogP contribution in [0.5, 0.6) is 0 Å². The highest BCUT2D eigenvalue weighted by atomic mass is 32.1. The molecule has 2 nitrogen and oxygen atoms in total. The van der Waals surface area contributed by atoms with E-state index in [-0.39, 0.29) is 0 Å². The summed E-state index contributed by atoms with van der Waals surface area (Å²) < 4.78 is 0. The smallest absolute Gasteiger partial charge is 0.0223 e. The van der Waals surface area contributed by atoms with Crippen molar-refractivity contribution in [2.45, 2.75) is 63.8 Å². The van der Waals surface area contributed by atoms with Gasteiger partial charge < -0.3 is 4.90 Å². The molecule has 0 aromatic carbocycles. The molecule has 1 aliphatic rings. The second-order valence-electron chi connectivity index (χ2n) is 6.29. The lowest BCUT2D eigenvalue weighted by Crippen LogP contribution is -2.38. The molecule has 1 rings (SSSR count). The van der Waals surface area contributed by atoms with Crippen molar-refractivity contribution in [2.24, 2.45) is 0 Å². The summed E-state index contributed by atoms with van der Waals surface area (Å²) in [5.41, 5.74) is 0. The van der Waals surface area contributed by atoms with E-state index >= 15 is 0 Å². The van der Waals surface area contributed by atoms with Gasteiger partial charge in [0.15, 0.2) is 0 Å². The predicted octanol–water partition coefficient (Wildman–Crippen LogP) is 3.67. The molecule has 0 aliphatic carbocycles. The Morgan fingerprint density at radius 2 is 1.63 bits per heavy atom. The van der Waals surface area contributed by atoms with E-state index in [0.717, 1.165) is 11.8 Å². The van der Waals surface area contributed by atoms with Crippen molar-refractivity contribution in [2.75, 3.05) is 39.5 Å². The van der Waals surface area contributed by atoms with Gasteiger partial charge in [0.2, 0.25) is 0 Å². The Morgan fingerprint density at radius 1 is 1.00 bits per heavy atom. The molecule has 1 fully saturated rings. The van der Waals surface area contributed by atoms with Gasteiger partial charge in [-0.3, -0.25) is 4.90 Å². The van der Waals surface area contributed by atoms with Crippen LogP contribution in [-0.4, -0.2) is 55.3 Å². The molecule has 114 valence electrons. The van der Waals surface area contributed by atoms with E-state index in [1.807, 2.05) is 0 Å². The molecule has 0 aromatic heterocycles. The fourth-order valence-corrected chi connectivity index (χ4v) is 3.35. The summed E-state index contributed by atoms with van der Waals surface area (Å²) in [7, 11) is 4.39. The van der Waals surface area contributed by atoms with E-state index < -0.39 is 0 Å². The monoisotopic (exact) mass is 286 g/mol. The van der Waals surface area contributed by atoms with Gasteiger partial charge >= 0.3 is 0 Å². The summed E-state index contributed by atoms with van der Waals surface area (Å²) in [5, 5.41) is 0. The van der Waals surface area contributed by atoms with Crippen molar-refractivity contribution >= 4 is 12.6 Å². The van der Waals surface area contributed by atoms with Crippen molar-refractivity contribution in [1.82, 2.24) is 9.80 Å². The van der Waals surface area contributed by atoms with Crippen LogP contribution in [0.3, 0.4) is 0 Å². The van der Waals surface area contributed by atoms with Crippen LogP contribution in [0.25, 0.3) is 0 Å². The molecule has 1 aliphatic heterocycles. The minimum absolute atomic E-state index is 0.824. The molecule has 1 heterocycles. The first-order chi connectivity index (χ1) is 9.24. The summed E-state index contributed by atoms with van der Waals surface area (Å²) in [6.45, 7) is 3.90. The maximum Gasteiger partial charge on any atom is 0.0223 e. The Hall–Kier alpha value is 0.270. The maximum atomic E-state index is 4.25. The van der Waals surface area contributed by atoms with Crippen LogP contribution in [-0.2, 0) is 0 Å². The van der Waals surface area contributed by atoms with Gasteiger partial charge in [-0.15, -0.1) is 0 Å². The highest BCUT2D eigenvalue weighted by Crippen LogP contribution is 2.18. The predicted molar refractivity (Wildman–Crippen MR) is 89.3 cm³/mol. The Morgan fingerprint density at radius 3 is 2.26 bits per heavy atom. The van der Waals surface area contributed by atoms with Crippen LogP contribution in [0.2, 0.25) is 0 Å². The van der Waals surface area contributed by atoms with Gasteiger partial charge in [-0.05, 0) is 58.6 Å². The molecule has 0 saturated carbocycles. The zero-order valence-electron chi connectivity index (χ0n) is 13.1. The average molecular weight is 287 g/mol. The van der Waals surface area contributed by atoms with E-state index in [1.54, 1.807) is 0 Å². The van der Waals surface area contributed by atoms with E-state index in [1.165, 1.54) is 77.4 Å². The van der Waals surface area contributed by atoms with Gasteiger partial charge in [-0.2, -0.15) is 12.6 Å². The van der Waals surface area contributed by atoms with Gasteiger partial charge in [0.05, 0.1) is 0 Å².